The summed E-state index contributed by atoms with van der Waals surface area (Å²) in [6, 6.07) is 8.51. The largest absolute Gasteiger partial charge is 0.457 e. The Labute approximate surface area is 221 Å². The molecule has 3 aliphatic carbocycles. The maximum Gasteiger partial charge on any atom is 0.338 e. The molecule has 2 bridgehead atoms. The van der Waals surface area contributed by atoms with Crippen LogP contribution in [0.4, 0.5) is 0 Å². The van der Waals surface area contributed by atoms with E-state index in [-0.39, 0.29) is 25.2 Å². The van der Waals surface area contributed by atoms with Crippen molar-refractivity contribution in [2.24, 2.45) is 16.7 Å². The Morgan fingerprint density at radius 2 is 1.79 bits per heavy atom. The smallest absolute Gasteiger partial charge is 0.338 e. The molecule has 2 saturated heterocycles. The van der Waals surface area contributed by atoms with Gasteiger partial charge in [0, 0.05) is 13.3 Å². The van der Waals surface area contributed by atoms with Crippen LogP contribution < -0.4 is 0 Å². The van der Waals surface area contributed by atoms with Gasteiger partial charge >= 0.3 is 11.9 Å². The molecule has 0 spiro atoms. The Balaban J connectivity index is 1.64. The van der Waals surface area contributed by atoms with Crippen LogP contribution >= 0.6 is 0 Å². The van der Waals surface area contributed by atoms with E-state index in [0.29, 0.717) is 16.7 Å². The lowest BCUT2D eigenvalue weighted by atomic mass is 9.49. The van der Waals surface area contributed by atoms with Crippen molar-refractivity contribution in [3.63, 3.8) is 0 Å². The molecule has 38 heavy (non-hydrogen) atoms. The molecular formula is C29H34O9. The van der Waals surface area contributed by atoms with Gasteiger partial charge in [-0.15, -0.1) is 0 Å². The molecule has 2 aliphatic heterocycles. The number of carbonyl (C=O) groups excluding carboxylic acids is 3. The van der Waals surface area contributed by atoms with Gasteiger partial charge in [-0.3, -0.25) is 9.59 Å². The molecule has 9 heteroatoms. The first-order chi connectivity index (χ1) is 17.8. The zero-order valence-corrected chi connectivity index (χ0v) is 22.2. The second kappa shape index (κ2) is 7.97. The van der Waals surface area contributed by atoms with Gasteiger partial charge in [0.2, 0.25) is 0 Å². The first-order valence-electron chi connectivity index (χ1n) is 13.2. The number of esters is 2. The number of hydrogen-bond acceptors (Lipinski definition) is 9. The molecule has 2 N–H and O–H groups in total. The highest BCUT2D eigenvalue weighted by molar-refractivity contribution is 5.95. The predicted octanol–water partition coefficient (Wildman–Crippen LogP) is 2.13. The van der Waals surface area contributed by atoms with Crippen molar-refractivity contribution in [3.05, 3.63) is 47.0 Å². The van der Waals surface area contributed by atoms with E-state index in [2.05, 4.69) is 0 Å². The monoisotopic (exact) mass is 526 g/mol. The number of ketones is 1. The molecule has 204 valence electrons. The molecule has 2 heterocycles. The third kappa shape index (κ3) is 2.93. The predicted molar refractivity (Wildman–Crippen MR) is 132 cm³/mol. The molecule has 4 fully saturated rings. The van der Waals surface area contributed by atoms with Crippen LogP contribution in [0.5, 0.6) is 0 Å². The van der Waals surface area contributed by atoms with E-state index in [4.69, 9.17) is 18.9 Å². The molecule has 9 atom stereocenters. The van der Waals surface area contributed by atoms with Crippen LogP contribution in [0.1, 0.15) is 57.8 Å². The number of hydrogen-bond donors (Lipinski definition) is 2. The van der Waals surface area contributed by atoms with Gasteiger partial charge in [-0.2, -0.15) is 0 Å². The van der Waals surface area contributed by atoms with E-state index in [9.17, 15) is 24.6 Å². The Bertz CT molecular complexity index is 1250. The minimum atomic E-state index is -1.49. The lowest BCUT2D eigenvalue weighted by Gasteiger charge is -2.64. The molecule has 5 aliphatic rings. The Kier molecular flexibility index (Phi) is 5.39. The number of Topliss-reactive ketones (excluding diaryl/α,β-unsaturated/α-hetero) is 1. The van der Waals surface area contributed by atoms with E-state index < -0.39 is 70.4 Å². The van der Waals surface area contributed by atoms with Crippen molar-refractivity contribution in [2.45, 2.75) is 89.2 Å². The van der Waals surface area contributed by atoms with Crippen LogP contribution in [0, 0.1) is 16.7 Å². The summed E-state index contributed by atoms with van der Waals surface area (Å²) in [7, 11) is 0. The van der Waals surface area contributed by atoms with Crippen LogP contribution in [-0.4, -0.2) is 76.3 Å². The van der Waals surface area contributed by atoms with Crippen LogP contribution in [0.15, 0.2) is 41.5 Å². The standard InChI is InChI=1S/C29H34O9/c1-14-17(31)12-28-20(14)21(38-26(28,3)4)23(33)27(5)18(32)11-19-29(13-35-19,37-15(2)30)22(27)24(28)36-25(34)16-9-7-6-8-10-16/h6-10,17-19,21-22,24,31-32H,11-13H2,1-5H3/t17-,18-,19+,21+,22?,24-,27+,28-,29-/m0/s1. The second-order valence-electron chi connectivity index (χ2n) is 12.2. The number of fused-ring (bicyclic) bond motifs is 3. The molecule has 6 rings (SSSR count). The molecule has 1 aromatic carbocycles. The Hall–Kier alpha value is -2.59. The topological polar surface area (TPSA) is 129 Å². The highest BCUT2D eigenvalue weighted by atomic mass is 16.6. The number of aliphatic hydroxyl groups excluding tert-OH is 2. The maximum absolute atomic E-state index is 14.5. The van der Waals surface area contributed by atoms with E-state index in [0.717, 1.165) is 0 Å². The number of rotatable bonds is 3. The summed E-state index contributed by atoms with van der Waals surface area (Å²) in [5, 5.41) is 22.7. The van der Waals surface area contributed by atoms with Crippen LogP contribution in [0.3, 0.4) is 0 Å². The summed E-state index contributed by atoms with van der Waals surface area (Å²) in [6.45, 7) is 8.40. The molecule has 0 radical (unpaired) electrons. The SMILES string of the molecule is CC(=O)O[C@@]12CO[C@@H]1C[C@H](O)[C@@]1(C)C(=O)[C@@H]3OC(C)(C)[C@]4(C[C@H](O)C(C)=C34)[C@@H](OC(=O)c3ccccc3)C12. The fraction of sp³-hybridized carbons (Fsp3) is 0.621. The summed E-state index contributed by atoms with van der Waals surface area (Å²) >= 11 is 0. The van der Waals surface area contributed by atoms with Gasteiger partial charge in [-0.25, -0.2) is 4.79 Å². The highest BCUT2D eigenvalue weighted by Crippen LogP contribution is 2.70. The average molecular weight is 527 g/mol. The lowest BCUT2D eigenvalue weighted by molar-refractivity contribution is -0.339. The van der Waals surface area contributed by atoms with Gasteiger partial charge in [0.15, 0.2) is 11.4 Å². The number of ether oxygens (including phenoxy) is 4. The van der Waals surface area contributed by atoms with Gasteiger partial charge in [0.05, 0.1) is 46.7 Å². The minimum Gasteiger partial charge on any atom is -0.457 e. The van der Waals surface area contributed by atoms with Crippen molar-refractivity contribution in [1.29, 1.82) is 0 Å². The Morgan fingerprint density at radius 1 is 1.11 bits per heavy atom. The highest BCUT2D eigenvalue weighted by Gasteiger charge is 2.81. The molecule has 0 aromatic heterocycles. The summed E-state index contributed by atoms with van der Waals surface area (Å²) in [6.07, 6.45) is -4.62. The van der Waals surface area contributed by atoms with Crippen molar-refractivity contribution in [3.8, 4) is 0 Å². The molecule has 0 amide bonds. The first kappa shape index (κ1) is 25.7. The third-order valence-electron chi connectivity index (χ3n) is 10.2. The summed E-state index contributed by atoms with van der Waals surface area (Å²) in [5.41, 5.74) is -3.43. The Morgan fingerprint density at radius 3 is 2.39 bits per heavy atom. The fourth-order valence-corrected chi connectivity index (χ4v) is 8.26. The molecular weight excluding hydrogens is 492 g/mol. The van der Waals surface area contributed by atoms with Gasteiger partial charge in [0.25, 0.3) is 0 Å². The van der Waals surface area contributed by atoms with Gasteiger partial charge < -0.3 is 29.2 Å². The fourth-order valence-electron chi connectivity index (χ4n) is 8.26. The summed E-state index contributed by atoms with van der Waals surface area (Å²) in [5.74, 6) is -2.50. The zero-order chi connectivity index (χ0) is 27.4. The van der Waals surface area contributed by atoms with Crippen molar-refractivity contribution in [1.82, 2.24) is 0 Å². The summed E-state index contributed by atoms with van der Waals surface area (Å²) < 4.78 is 24.7. The number of carbonyl (C=O) groups is 3. The van der Waals surface area contributed by atoms with E-state index in [1.54, 1.807) is 44.2 Å². The van der Waals surface area contributed by atoms with Crippen LogP contribution in [0.25, 0.3) is 0 Å². The lowest BCUT2D eigenvalue weighted by Crippen LogP contribution is -2.79. The van der Waals surface area contributed by atoms with Crippen molar-refractivity contribution >= 4 is 17.7 Å². The van der Waals surface area contributed by atoms with Crippen LogP contribution in [-0.2, 0) is 28.5 Å². The second-order valence-corrected chi connectivity index (χ2v) is 12.2. The van der Waals surface area contributed by atoms with Crippen molar-refractivity contribution < 1.29 is 43.5 Å². The van der Waals surface area contributed by atoms with E-state index in [1.165, 1.54) is 6.92 Å². The number of aliphatic hydroxyl groups is 2. The zero-order valence-electron chi connectivity index (χ0n) is 22.2. The number of benzene rings is 1. The van der Waals surface area contributed by atoms with E-state index in [1.807, 2.05) is 13.8 Å². The molecule has 1 aromatic rings. The maximum atomic E-state index is 14.5. The van der Waals surface area contributed by atoms with Crippen molar-refractivity contribution in [2.75, 3.05) is 6.61 Å². The quantitative estimate of drug-likeness (QED) is 0.450. The van der Waals surface area contributed by atoms with Gasteiger partial charge in [-0.05, 0) is 57.4 Å². The van der Waals surface area contributed by atoms with Gasteiger partial charge in [0.1, 0.15) is 18.3 Å². The molecule has 2 saturated carbocycles. The minimum absolute atomic E-state index is 0.000490. The summed E-state index contributed by atoms with van der Waals surface area (Å²) in [4.78, 5) is 40.7. The average Bonchev–Trinajstić information content (AvgIpc) is 3.24. The first-order valence-corrected chi connectivity index (χ1v) is 13.2. The molecule has 9 nitrogen and oxygen atoms in total. The molecule has 1 unspecified atom stereocenters. The van der Waals surface area contributed by atoms with Crippen LogP contribution in [0.2, 0.25) is 0 Å². The van der Waals surface area contributed by atoms with E-state index >= 15 is 0 Å². The normalized spacial score (nSPS) is 44.3. The van der Waals surface area contributed by atoms with Gasteiger partial charge in [-0.1, -0.05) is 18.2 Å². The third-order valence-corrected chi connectivity index (χ3v) is 10.2.